The van der Waals surface area contributed by atoms with Crippen LogP contribution in [0, 0.1) is 22.7 Å². The molecule has 1 aromatic heterocycles. The van der Waals surface area contributed by atoms with Gasteiger partial charge >= 0.3 is 0 Å². The lowest BCUT2D eigenvalue weighted by Crippen LogP contribution is -2.16. The van der Waals surface area contributed by atoms with Crippen LogP contribution in [0.15, 0.2) is 53.3 Å². The molecule has 0 saturated carbocycles. The third kappa shape index (κ3) is 3.00. The van der Waals surface area contributed by atoms with Crippen molar-refractivity contribution in [1.29, 1.82) is 10.5 Å². The van der Waals surface area contributed by atoms with Gasteiger partial charge in [0.05, 0.1) is 0 Å². The summed E-state index contributed by atoms with van der Waals surface area (Å²) in [5.41, 5.74) is 6.92. The van der Waals surface area contributed by atoms with E-state index in [4.69, 9.17) is 5.73 Å². The molecule has 0 bridgehead atoms. The van der Waals surface area contributed by atoms with Crippen LogP contribution in [-0.2, 0) is 6.42 Å². The summed E-state index contributed by atoms with van der Waals surface area (Å²) in [6, 6.07) is 18.3. The van der Waals surface area contributed by atoms with Crippen LogP contribution in [0.4, 0.5) is 5.82 Å². The minimum Gasteiger partial charge on any atom is -0.507 e. The van der Waals surface area contributed by atoms with Crippen molar-refractivity contribution < 1.29 is 5.11 Å². The van der Waals surface area contributed by atoms with Gasteiger partial charge in [-0.3, -0.25) is 4.79 Å². The van der Waals surface area contributed by atoms with E-state index in [1.807, 2.05) is 36.4 Å². The van der Waals surface area contributed by atoms with Crippen molar-refractivity contribution in [3.8, 4) is 29.0 Å². The van der Waals surface area contributed by atoms with Crippen molar-refractivity contribution >= 4 is 5.82 Å². The van der Waals surface area contributed by atoms with Gasteiger partial charge in [-0.25, -0.2) is 0 Å². The molecular weight excluding hydrogens is 328 g/mol. The molecule has 0 saturated heterocycles. The molecular formula is C20H14N4O2. The van der Waals surface area contributed by atoms with E-state index in [1.165, 1.54) is 6.07 Å². The second-order valence-electron chi connectivity index (χ2n) is 5.73. The second kappa shape index (κ2) is 6.84. The number of nitrogens with zero attached hydrogens (tertiary/aromatic N) is 2. The van der Waals surface area contributed by atoms with E-state index in [1.54, 1.807) is 18.2 Å². The van der Waals surface area contributed by atoms with Crippen molar-refractivity contribution in [3.63, 3.8) is 0 Å². The highest BCUT2D eigenvalue weighted by molar-refractivity contribution is 5.83. The number of nitriles is 2. The highest BCUT2D eigenvalue weighted by Crippen LogP contribution is 2.35. The van der Waals surface area contributed by atoms with Gasteiger partial charge in [0.2, 0.25) is 0 Å². The van der Waals surface area contributed by atoms with Crippen molar-refractivity contribution in [1.82, 2.24) is 4.98 Å². The first kappa shape index (κ1) is 16.8. The first-order chi connectivity index (χ1) is 12.5. The minimum absolute atomic E-state index is 0.0451. The normalized spacial score (nSPS) is 10.1. The van der Waals surface area contributed by atoms with Crippen molar-refractivity contribution in [3.05, 3.63) is 81.1 Å². The lowest BCUT2D eigenvalue weighted by atomic mass is 9.93. The number of hydrogen-bond acceptors (Lipinski definition) is 5. The topological polar surface area (TPSA) is 127 Å². The number of nitrogens with two attached hydrogens (primary N) is 1. The highest BCUT2D eigenvalue weighted by atomic mass is 16.3. The Morgan fingerprint density at radius 2 is 1.69 bits per heavy atom. The fourth-order valence-corrected chi connectivity index (χ4v) is 2.84. The molecule has 0 amide bonds. The van der Waals surface area contributed by atoms with Gasteiger partial charge in [0.15, 0.2) is 0 Å². The molecule has 3 rings (SSSR count). The number of H-pyrrole nitrogens is 1. The average molecular weight is 342 g/mol. The van der Waals surface area contributed by atoms with E-state index in [0.29, 0.717) is 6.42 Å². The first-order valence-corrected chi connectivity index (χ1v) is 7.77. The molecule has 6 heteroatoms. The van der Waals surface area contributed by atoms with Gasteiger partial charge in [-0.2, -0.15) is 10.5 Å². The van der Waals surface area contributed by atoms with Crippen molar-refractivity contribution in [2.75, 3.05) is 5.73 Å². The molecule has 26 heavy (non-hydrogen) atoms. The number of rotatable bonds is 3. The zero-order valence-electron chi connectivity index (χ0n) is 13.7. The minimum atomic E-state index is -0.702. The summed E-state index contributed by atoms with van der Waals surface area (Å²) in [5.74, 6) is -0.279. The van der Waals surface area contributed by atoms with E-state index in [2.05, 4.69) is 4.98 Å². The third-order valence-electron chi connectivity index (χ3n) is 4.05. The van der Waals surface area contributed by atoms with E-state index in [-0.39, 0.29) is 33.8 Å². The van der Waals surface area contributed by atoms with Gasteiger partial charge in [0.25, 0.3) is 5.56 Å². The average Bonchev–Trinajstić information content (AvgIpc) is 2.64. The lowest BCUT2D eigenvalue weighted by molar-refractivity contribution is 0.477. The number of pyridine rings is 1. The molecule has 4 N–H and O–H groups in total. The number of nitrogen functional groups attached to an aromatic ring is 1. The molecule has 0 fully saturated rings. The quantitative estimate of drug-likeness (QED) is 0.674. The Morgan fingerprint density at radius 3 is 2.35 bits per heavy atom. The fraction of sp³-hybridized carbons (Fsp3) is 0.0500. The Bertz CT molecular complexity index is 1120. The molecule has 6 nitrogen and oxygen atoms in total. The molecule has 2 aromatic carbocycles. The van der Waals surface area contributed by atoms with Crippen LogP contribution in [-0.4, -0.2) is 10.1 Å². The SMILES string of the molecule is N#Cc1c(N)[nH]c(=O)c(C#N)c1-c1cc(Cc2ccccc2)ccc1O. The zero-order chi connectivity index (χ0) is 18.7. The number of hydrogen-bond donors (Lipinski definition) is 3. The predicted octanol–water partition coefficient (Wildman–Crippen LogP) is 2.66. The predicted molar refractivity (Wildman–Crippen MR) is 97.3 cm³/mol. The Kier molecular flexibility index (Phi) is 4.42. The molecule has 0 unspecified atom stereocenters. The van der Waals surface area contributed by atoms with Crippen LogP contribution in [0.5, 0.6) is 5.75 Å². The van der Waals surface area contributed by atoms with E-state index in [0.717, 1.165) is 11.1 Å². The fourth-order valence-electron chi connectivity index (χ4n) is 2.84. The number of phenols is 1. The van der Waals surface area contributed by atoms with Crippen LogP contribution in [0.25, 0.3) is 11.1 Å². The molecule has 0 aliphatic rings. The van der Waals surface area contributed by atoms with Gasteiger partial charge in [-0.1, -0.05) is 36.4 Å². The number of anilines is 1. The number of aromatic amines is 1. The molecule has 3 aromatic rings. The number of phenolic OH excluding ortho intramolecular Hbond substituents is 1. The van der Waals surface area contributed by atoms with E-state index >= 15 is 0 Å². The Hall–Kier alpha value is -4.03. The summed E-state index contributed by atoms with van der Waals surface area (Å²) in [7, 11) is 0. The van der Waals surface area contributed by atoms with Crippen LogP contribution in [0.3, 0.4) is 0 Å². The number of nitrogens with one attached hydrogen (secondary N) is 1. The van der Waals surface area contributed by atoms with Crippen LogP contribution < -0.4 is 11.3 Å². The Labute approximate surface area is 149 Å². The number of aromatic hydroxyl groups is 1. The summed E-state index contributed by atoms with van der Waals surface area (Å²) in [4.78, 5) is 14.4. The van der Waals surface area contributed by atoms with Crippen molar-refractivity contribution in [2.45, 2.75) is 6.42 Å². The van der Waals surface area contributed by atoms with E-state index < -0.39 is 5.56 Å². The van der Waals surface area contributed by atoms with Gasteiger partial charge in [0.1, 0.15) is 34.8 Å². The lowest BCUT2D eigenvalue weighted by Gasteiger charge is -2.12. The maximum absolute atomic E-state index is 12.1. The maximum atomic E-state index is 12.1. The summed E-state index contributed by atoms with van der Waals surface area (Å²) < 4.78 is 0. The molecule has 0 aliphatic carbocycles. The molecule has 0 radical (unpaired) electrons. The molecule has 126 valence electrons. The van der Waals surface area contributed by atoms with Crippen LogP contribution >= 0.6 is 0 Å². The summed E-state index contributed by atoms with van der Waals surface area (Å²) in [5, 5.41) is 29.1. The maximum Gasteiger partial charge on any atom is 0.268 e. The third-order valence-corrected chi connectivity index (χ3v) is 4.05. The highest BCUT2D eigenvalue weighted by Gasteiger charge is 2.20. The Morgan fingerprint density at radius 1 is 1.00 bits per heavy atom. The molecule has 0 spiro atoms. The standard InChI is InChI=1S/C20H14N4O2/c21-10-15-18(16(11-22)20(26)24-19(15)23)14-9-13(6-7-17(14)25)8-12-4-2-1-3-5-12/h1-7,9,25H,8H2,(H3,23,24,26). The smallest absolute Gasteiger partial charge is 0.268 e. The van der Waals surface area contributed by atoms with Crippen LogP contribution in [0.2, 0.25) is 0 Å². The number of aromatic nitrogens is 1. The summed E-state index contributed by atoms with van der Waals surface area (Å²) >= 11 is 0. The monoisotopic (exact) mass is 342 g/mol. The summed E-state index contributed by atoms with van der Waals surface area (Å²) in [6.45, 7) is 0. The van der Waals surface area contributed by atoms with Gasteiger partial charge < -0.3 is 15.8 Å². The molecule has 0 aliphatic heterocycles. The Balaban J connectivity index is 2.22. The summed E-state index contributed by atoms with van der Waals surface area (Å²) in [6.07, 6.45) is 0.594. The van der Waals surface area contributed by atoms with Crippen LogP contribution in [0.1, 0.15) is 22.3 Å². The van der Waals surface area contributed by atoms with Gasteiger partial charge in [-0.15, -0.1) is 0 Å². The molecule has 1 heterocycles. The second-order valence-corrected chi connectivity index (χ2v) is 5.73. The van der Waals surface area contributed by atoms with Gasteiger partial charge in [0, 0.05) is 11.1 Å². The number of benzene rings is 2. The molecule has 0 atom stereocenters. The van der Waals surface area contributed by atoms with E-state index in [9.17, 15) is 20.4 Å². The van der Waals surface area contributed by atoms with Crippen molar-refractivity contribution in [2.24, 2.45) is 0 Å². The zero-order valence-corrected chi connectivity index (χ0v) is 13.7. The first-order valence-electron chi connectivity index (χ1n) is 7.77. The van der Waals surface area contributed by atoms with Gasteiger partial charge in [-0.05, 0) is 29.7 Å². The largest absolute Gasteiger partial charge is 0.507 e.